The van der Waals surface area contributed by atoms with E-state index < -0.39 is 0 Å². The maximum absolute atomic E-state index is 13.2. The molecule has 0 aliphatic rings. The minimum absolute atomic E-state index is 0.241. The molecule has 0 amide bonds. The molecule has 0 bridgehead atoms. The first kappa shape index (κ1) is 11.8. The summed E-state index contributed by atoms with van der Waals surface area (Å²) in [6.45, 7) is 1.68. The largest absolute Gasteiger partial charge is 0.324 e. The van der Waals surface area contributed by atoms with Gasteiger partial charge in [0.1, 0.15) is 5.82 Å². The normalized spacial score (nSPS) is 12.9. The molecule has 0 spiro atoms. The molecule has 0 heterocycles. The van der Waals surface area contributed by atoms with E-state index in [-0.39, 0.29) is 11.9 Å². The number of rotatable bonds is 3. The van der Waals surface area contributed by atoms with Crippen molar-refractivity contribution < 1.29 is 4.39 Å². The summed E-state index contributed by atoms with van der Waals surface area (Å²) in [4.78, 5) is 0. The van der Waals surface area contributed by atoms with Gasteiger partial charge in [-0.2, -0.15) is 12.6 Å². The third-order valence-electron chi connectivity index (χ3n) is 2.12. The van der Waals surface area contributed by atoms with Crippen LogP contribution in [0.5, 0.6) is 0 Å². The number of halogens is 2. The second-order valence-corrected chi connectivity index (χ2v) is 4.10. The number of thiol groups is 1. The van der Waals surface area contributed by atoms with E-state index in [1.165, 1.54) is 6.07 Å². The molecule has 14 heavy (non-hydrogen) atoms. The van der Waals surface area contributed by atoms with Gasteiger partial charge in [-0.1, -0.05) is 11.6 Å². The lowest BCUT2D eigenvalue weighted by atomic mass is 10.0. The van der Waals surface area contributed by atoms with Crippen molar-refractivity contribution in [3.05, 3.63) is 34.1 Å². The molecule has 2 N–H and O–H groups in total. The average Bonchev–Trinajstić information content (AvgIpc) is 2.11. The lowest BCUT2D eigenvalue weighted by molar-refractivity contribution is 0.609. The summed E-state index contributed by atoms with van der Waals surface area (Å²) in [5.74, 6) is 0.395. The molecule has 1 aromatic rings. The van der Waals surface area contributed by atoms with Gasteiger partial charge in [0, 0.05) is 11.1 Å². The zero-order chi connectivity index (χ0) is 10.7. The Labute approximate surface area is 93.9 Å². The van der Waals surface area contributed by atoms with Gasteiger partial charge in [0.05, 0.1) is 0 Å². The monoisotopic (exact) mass is 233 g/mol. The van der Waals surface area contributed by atoms with Crippen LogP contribution in [0.15, 0.2) is 12.1 Å². The SMILES string of the molecule is Cc1cc(Cl)c(C(N)CCS)cc1F. The molecule has 0 aliphatic carbocycles. The Morgan fingerprint density at radius 2 is 2.21 bits per heavy atom. The van der Waals surface area contributed by atoms with Gasteiger partial charge < -0.3 is 5.73 Å². The highest BCUT2D eigenvalue weighted by Gasteiger charge is 2.12. The van der Waals surface area contributed by atoms with E-state index in [2.05, 4.69) is 12.6 Å². The van der Waals surface area contributed by atoms with Crippen molar-refractivity contribution in [1.82, 2.24) is 0 Å². The second kappa shape index (κ2) is 5.01. The molecule has 0 aromatic heterocycles. The van der Waals surface area contributed by atoms with Gasteiger partial charge in [0.15, 0.2) is 0 Å². The molecule has 78 valence electrons. The number of benzene rings is 1. The van der Waals surface area contributed by atoms with Crippen LogP contribution in [0.25, 0.3) is 0 Å². The molecule has 0 radical (unpaired) electrons. The summed E-state index contributed by atoms with van der Waals surface area (Å²) in [6, 6.07) is 2.77. The number of hydrogen-bond acceptors (Lipinski definition) is 2. The molecule has 1 rings (SSSR count). The first-order valence-corrected chi connectivity index (χ1v) is 5.39. The Morgan fingerprint density at radius 3 is 2.79 bits per heavy atom. The predicted octanol–water partition coefficient (Wildman–Crippen LogP) is 3.11. The van der Waals surface area contributed by atoms with Crippen LogP contribution in [0.3, 0.4) is 0 Å². The quantitative estimate of drug-likeness (QED) is 0.771. The topological polar surface area (TPSA) is 26.0 Å². The molecule has 0 saturated carbocycles. The summed E-state index contributed by atoms with van der Waals surface area (Å²) < 4.78 is 13.2. The van der Waals surface area contributed by atoms with Crippen LogP contribution in [0.2, 0.25) is 5.02 Å². The molecule has 1 unspecified atom stereocenters. The fourth-order valence-electron chi connectivity index (χ4n) is 1.24. The average molecular weight is 234 g/mol. The first-order chi connectivity index (χ1) is 6.56. The third-order valence-corrected chi connectivity index (χ3v) is 2.70. The number of aryl methyl sites for hydroxylation is 1. The van der Waals surface area contributed by atoms with Crippen LogP contribution < -0.4 is 5.73 Å². The second-order valence-electron chi connectivity index (χ2n) is 3.24. The minimum atomic E-state index is -0.265. The summed E-state index contributed by atoms with van der Waals surface area (Å²) in [5, 5.41) is 0.526. The van der Waals surface area contributed by atoms with Crippen LogP contribution in [-0.2, 0) is 0 Å². The maximum Gasteiger partial charge on any atom is 0.126 e. The summed E-state index contributed by atoms with van der Waals surface area (Å²) in [7, 11) is 0. The van der Waals surface area contributed by atoms with Crippen molar-refractivity contribution in [3.8, 4) is 0 Å². The summed E-state index contributed by atoms with van der Waals surface area (Å²) >= 11 is 10.0. The van der Waals surface area contributed by atoms with Crippen LogP contribution >= 0.6 is 24.2 Å². The molecule has 4 heteroatoms. The Hall–Kier alpha value is -0.250. The van der Waals surface area contributed by atoms with Gasteiger partial charge in [-0.25, -0.2) is 4.39 Å². The van der Waals surface area contributed by atoms with Gasteiger partial charge in [-0.3, -0.25) is 0 Å². The van der Waals surface area contributed by atoms with Crippen molar-refractivity contribution in [3.63, 3.8) is 0 Å². The van der Waals surface area contributed by atoms with Crippen molar-refractivity contribution in [2.75, 3.05) is 5.75 Å². The third kappa shape index (κ3) is 2.62. The van der Waals surface area contributed by atoms with E-state index in [1.54, 1.807) is 13.0 Å². The molecule has 1 aromatic carbocycles. The Bertz CT molecular complexity index is 330. The van der Waals surface area contributed by atoms with Gasteiger partial charge >= 0.3 is 0 Å². The highest BCUT2D eigenvalue weighted by atomic mass is 35.5. The van der Waals surface area contributed by atoms with Gasteiger partial charge in [0.2, 0.25) is 0 Å². The Kier molecular flexibility index (Phi) is 4.23. The maximum atomic E-state index is 13.2. The Morgan fingerprint density at radius 1 is 1.57 bits per heavy atom. The molecular formula is C10H13ClFNS. The van der Waals surface area contributed by atoms with E-state index in [1.807, 2.05) is 0 Å². The first-order valence-electron chi connectivity index (χ1n) is 4.38. The van der Waals surface area contributed by atoms with Crippen LogP contribution in [0.4, 0.5) is 4.39 Å². The van der Waals surface area contributed by atoms with Crippen LogP contribution in [0.1, 0.15) is 23.6 Å². The van der Waals surface area contributed by atoms with Gasteiger partial charge in [-0.05, 0) is 42.4 Å². The predicted molar refractivity (Wildman–Crippen MR) is 61.5 cm³/mol. The fraction of sp³-hybridized carbons (Fsp3) is 0.400. The molecule has 1 nitrogen and oxygen atoms in total. The lowest BCUT2D eigenvalue weighted by Gasteiger charge is -2.13. The zero-order valence-electron chi connectivity index (χ0n) is 7.93. The minimum Gasteiger partial charge on any atom is -0.324 e. The smallest absolute Gasteiger partial charge is 0.126 e. The van der Waals surface area contributed by atoms with Crippen molar-refractivity contribution in [2.45, 2.75) is 19.4 Å². The van der Waals surface area contributed by atoms with Crippen molar-refractivity contribution >= 4 is 24.2 Å². The fourth-order valence-corrected chi connectivity index (χ4v) is 1.88. The highest BCUT2D eigenvalue weighted by molar-refractivity contribution is 7.80. The van der Waals surface area contributed by atoms with E-state index in [0.29, 0.717) is 28.3 Å². The highest BCUT2D eigenvalue weighted by Crippen LogP contribution is 2.26. The summed E-state index contributed by atoms with van der Waals surface area (Å²) in [6.07, 6.45) is 0.686. The van der Waals surface area contributed by atoms with E-state index >= 15 is 0 Å². The summed E-state index contributed by atoms with van der Waals surface area (Å²) in [5.41, 5.74) is 7.02. The zero-order valence-corrected chi connectivity index (χ0v) is 9.58. The molecular weight excluding hydrogens is 221 g/mol. The van der Waals surface area contributed by atoms with Crippen LogP contribution in [0, 0.1) is 12.7 Å². The van der Waals surface area contributed by atoms with Crippen molar-refractivity contribution in [2.24, 2.45) is 5.73 Å². The standard InChI is InChI=1S/C10H13ClFNS/c1-6-4-8(11)7(5-9(6)12)10(13)2-3-14/h4-5,10,14H,2-3,13H2,1H3. The van der Waals surface area contributed by atoms with Gasteiger partial charge in [0.25, 0.3) is 0 Å². The van der Waals surface area contributed by atoms with Gasteiger partial charge in [-0.15, -0.1) is 0 Å². The van der Waals surface area contributed by atoms with E-state index in [9.17, 15) is 4.39 Å². The number of hydrogen-bond donors (Lipinski definition) is 2. The number of nitrogens with two attached hydrogens (primary N) is 1. The molecule has 0 aliphatic heterocycles. The van der Waals surface area contributed by atoms with Crippen LogP contribution in [-0.4, -0.2) is 5.75 Å². The Balaban J connectivity index is 3.02. The molecule has 1 atom stereocenters. The molecule has 0 fully saturated rings. The molecule has 0 saturated heterocycles. The lowest BCUT2D eigenvalue weighted by Crippen LogP contribution is -2.12. The van der Waals surface area contributed by atoms with E-state index in [4.69, 9.17) is 17.3 Å². The van der Waals surface area contributed by atoms with E-state index in [0.717, 1.165) is 0 Å². The van der Waals surface area contributed by atoms with Crippen molar-refractivity contribution in [1.29, 1.82) is 0 Å².